The summed E-state index contributed by atoms with van der Waals surface area (Å²) in [4.78, 5) is 0. The first kappa shape index (κ1) is 11.3. The molecule has 16 heavy (non-hydrogen) atoms. The largest absolute Gasteiger partial charge is 0.207 e. The van der Waals surface area contributed by atoms with Crippen LogP contribution in [0.25, 0.3) is 11.1 Å². The quantitative estimate of drug-likeness (QED) is 0.661. The molecule has 0 saturated carbocycles. The van der Waals surface area contributed by atoms with E-state index in [-0.39, 0.29) is 11.2 Å². The highest BCUT2D eigenvalue weighted by Gasteiger charge is 2.22. The van der Waals surface area contributed by atoms with Gasteiger partial charge in [-0.15, -0.1) is 0 Å². The molecule has 0 fully saturated rings. The maximum atomic E-state index is 13.9. The van der Waals surface area contributed by atoms with Crippen LogP contribution in [0.4, 0.5) is 4.39 Å². The molecule has 2 heteroatoms. The zero-order chi connectivity index (χ0) is 11.8. The Morgan fingerprint density at radius 1 is 1.12 bits per heavy atom. The predicted molar refractivity (Wildman–Crippen MR) is 68.4 cm³/mol. The molecule has 2 rings (SSSR count). The molecule has 0 aliphatic heterocycles. The molecule has 0 amide bonds. The molecule has 0 atom stereocenters. The number of hydrogen-bond acceptors (Lipinski definition) is 1. The summed E-state index contributed by atoms with van der Waals surface area (Å²) < 4.78 is 13.9. The fourth-order valence-electron chi connectivity index (χ4n) is 1.94. The van der Waals surface area contributed by atoms with Crippen LogP contribution in [0.1, 0.15) is 26.3 Å². The SMILES string of the molecule is CC(C)(C)c1c(F)cccc1-c1ccsc1. The van der Waals surface area contributed by atoms with Crippen LogP contribution in [-0.2, 0) is 5.41 Å². The van der Waals surface area contributed by atoms with Crippen molar-refractivity contribution >= 4 is 11.3 Å². The third kappa shape index (κ3) is 2.03. The normalized spacial score (nSPS) is 11.8. The number of hydrogen-bond donors (Lipinski definition) is 0. The second kappa shape index (κ2) is 4.02. The molecule has 0 saturated heterocycles. The minimum atomic E-state index is -0.178. The Balaban J connectivity index is 2.67. The summed E-state index contributed by atoms with van der Waals surface area (Å²) in [6.45, 7) is 6.13. The van der Waals surface area contributed by atoms with E-state index in [9.17, 15) is 4.39 Å². The summed E-state index contributed by atoms with van der Waals surface area (Å²) in [6, 6.07) is 7.34. The van der Waals surface area contributed by atoms with E-state index in [0.717, 1.165) is 16.7 Å². The lowest BCUT2D eigenvalue weighted by molar-refractivity contribution is 0.525. The lowest BCUT2D eigenvalue weighted by Crippen LogP contribution is -2.15. The molecule has 2 aromatic rings. The van der Waals surface area contributed by atoms with Crippen molar-refractivity contribution in [3.05, 3.63) is 46.4 Å². The minimum Gasteiger partial charge on any atom is -0.207 e. The molecule has 1 aromatic carbocycles. The zero-order valence-corrected chi connectivity index (χ0v) is 10.6. The van der Waals surface area contributed by atoms with Crippen LogP contribution >= 0.6 is 11.3 Å². The van der Waals surface area contributed by atoms with Crippen LogP contribution in [0.15, 0.2) is 35.0 Å². The van der Waals surface area contributed by atoms with Crippen LogP contribution < -0.4 is 0 Å². The van der Waals surface area contributed by atoms with E-state index in [4.69, 9.17) is 0 Å². The van der Waals surface area contributed by atoms with Gasteiger partial charge in [-0.1, -0.05) is 32.9 Å². The van der Waals surface area contributed by atoms with Crippen molar-refractivity contribution in [1.82, 2.24) is 0 Å². The predicted octanol–water partition coefficient (Wildman–Crippen LogP) is 4.85. The summed E-state index contributed by atoms with van der Waals surface area (Å²) in [5, 5.41) is 4.08. The van der Waals surface area contributed by atoms with Crippen LogP contribution in [0, 0.1) is 5.82 Å². The first-order valence-electron chi connectivity index (χ1n) is 5.32. The average molecular weight is 234 g/mol. The highest BCUT2D eigenvalue weighted by Crippen LogP contribution is 2.35. The summed E-state index contributed by atoms with van der Waals surface area (Å²) in [6.07, 6.45) is 0. The zero-order valence-electron chi connectivity index (χ0n) is 9.75. The molecule has 0 radical (unpaired) electrons. The average Bonchev–Trinajstić information content (AvgIpc) is 2.67. The van der Waals surface area contributed by atoms with Crippen LogP contribution in [-0.4, -0.2) is 0 Å². The van der Waals surface area contributed by atoms with Crippen molar-refractivity contribution in [3.63, 3.8) is 0 Å². The van der Waals surface area contributed by atoms with Gasteiger partial charge in [0, 0.05) is 5.56 Å². The first-order chi connectivity index (χ1) is 7.50. The van der Waals surface area contributed by atoms with Crippen molar-refractivity contribution < 1.29 is 4.39 Å². The standard InChI is InChI=1S/C14H15FS/c1-14(2,3)13-11(5-4-6-12(13)15)10-7-8-16-9-10/h4-9H,1-3H3. The molecule has 0 bridgehead atoms. The minimum absolute atomic E-state index is 0.115. The van der Waals surface area contributed by atoms with Crippen LogP contribution in [0.5, 0.6) is 0 Å². The summed E-state index contributed by atoms with van der Waals surface area (Å²) >= 11 is 1.64. The van der Waals surface area contributed by atoms with Crippen LogP contribution in [0.2, 0.25) is 0 Å². The Bertz CT molecular complexity index is 478. The maximum Gasteiger partial charge on any atom is 0.127 e. The molecule has 1 heterocycles. The lowest BCUT2D eigenvalue weighted by atomic mass is 9.82. The smallest absolute Gasteiger partial charge is 0.127 e. The van der Waals surface area contributed by atoms with Crippen molar-refractivity contribution in [2.24, 2.45) is 0 Å². The highest BCUT2D eigenvalue weighted by molar-refractivity contribution is 7.08. The van der Waals surface area contributed by atoms with Gasteiger partial charge in [0.15, 0.2) is 0 Å². The molecule has 0 nitrogen and oxygen atoms in total. The summed E-state index contributed by atoms with van der Waals surface area (Å²) in [5.74, 6) is -0.115. The third-order valence-electron chi connectivity index (χ3n) is 2.60. The molecule has 0 spiro atoms. The number of thiophene rings is 1. The van der Waals surface area contributed by atoms with Crippen molar-refractivity contribution in [1.29, 1.82) is 0 Å². The van der Waals surface area contributed by atoms with E-state index in [2.05, 4.69) is 5.38 Å². The molecule has 1 aromatic heterocycles. The summed E-state index contributed by atoms with van der Waals surface area (Å²) in [7, 11) is 0. The van der Waals surface area contributed by atoms with Gasteiger partial charge in [-0.05, 0) is 39.4 Å². The Hall–Kier alpha value is -1.15. The van der Waals surface area contributed by atoms with E-state index >= 15 is 0 Å². The second-order valence-corrected chi connectivity index (χ2v) is 5.70. The van der Waals surface area contributed by atoms with Crippen molar-refractivity contribution in [2.75, 3.05) is 0 Å². The molecular weight excluding hydrogens is 219 g/mol. The van der Waals surface area contributed by atoms with Gasteiger partial charge in [0.2, 0.25) is 0 Å². The number of rotatable bonds is 1. The first-order valence-corrected chi connectivity index (χ1v) is 6.26. The fourth-order valence-corrected chi connectivity index (χ4v) is 2.60. The van der Waals surface area contributed by atoms with Gasteiger partial charge in [0.1, 0.15) is 5.82 Å². The van der Waals surface area contributed by atoms with Gasteiger partial charge < -0.3 is 0 Å². The van der Waals surface area contributed by atoms with E-state index in [1.54, 1.807) is 17.4 Å². The maximum absolute atomic E-state index is 13.9. The number of halogens is 1. The van der Waals surface area contributed by atoms with Gasteiger partial charge in [-0.3, -0.25) is 0 Å². The second-order valence-electron chi connectivity index (χ2n) is 4.92. The molecule has 0 N–H and O–H groups in total. The highest BCUT2D eigenvalue weighted by atomic mass is 32.1. The molecule has 84 valence electrons. The molecular formula is C14H15FS. The van der Waals surface area contributed by atoms with Gasteiger partial charge in [0.05, 0.1) is 0 Å². The van der Waals surface area contributed by atoms with E-state index in [1.807, 2.05) is 38.3 Å². The van der Waals surface area contributed by atoms with Crippen LogP contribution in [0.3, 0.4) is 0 Å². The van der Waals surface area contributed by atoms with Gasteiger partial charge >= 0.3 is 0 Å². The van der Waals surface area contributed by atoms with E-state index in [1.165, 1.54) is 6.07 Å². The molecule has 0 aliphatic rings. The molecule has 0 unspecified atom stereocenters. The lowest BCUT2D eigenvalue weighted by Gasteiger charge is -2.23. The Morgan fingerprint density at radius 2 is 1.88 bits per heavy atom. The fraction of sp³-hybridized carbons (Fsp3) is 0.286. The van der Waals surface area contributed by atoms with Gasteiger partial charge in [-0.2, -0.15) is 11.3 Å². The Morgan fingerprint density at radius 3 is 2.44 bits per heavy atom. The van der Waals surface area contributed by atoms with Gasteiger partial charge in [-0.25, -0.2) is 4.39 Å². The topological polar surface area (TPSA) is 0 Å². The monoisotopic (exact) mass is 234 g/mol. The third-order valence-corrected chi connectivity index (χ3v) is 3.28. The van der Waals surface area contributed by atoms with E-state index in [0.29, 0.717) is 0 Å². The Kier molecular flexibility index (Phi) is 2.85. The summed E-state index contributed by atoms with van der Waals surface area (Å²) in [5.41, 5.74) is 2.74. The van der Waals surface area contributed by atoms with Crippen molar-refractivity contribution in [3.8, 4) is 11.1 Å². The molecule has 0 aliphatic carbocycles. The van der Waals surface area contributed by atoms with E-state index < -0.39 is 0 Å². The number of benzene rings is 1. The van der Waals surface area contributed by atoms with Crippen molar-refractivity contribution in [2.45, 2.75) is 26.2 Å². The Labute approximate surface area is 99.8 Å². The van der Waals surface area contributed by atoms with Gasteiger partial charge in [0.25, 0.3) is 0 Å².